The number of fused-ring (bicyclic) bond motifs is 3. The third-order valence-corrected chi connectivity index (χ3v) is 10.1. The first-order valence-electron chi connectivity index (χ1n) is 11.1. The van der Waals surface area contributed by atoms with E-state index in [1.165, 1.54) is 37.6 Å². The van der Waals surface area contributed by atoms with Crippen LogP contribution in [0.3, 0.4) is 0 Å². The van der Waals surface area contributed by atoms with Gasteiger partial charge in [0.25, 0.3) is 5.91 Å². The van der Waals surface area contributed by atoms with E-state index in [4.69, 9.17) is 16.3 Å². The summed E-state index contributed by atoms with van der Waals surface area (Å²) >= 11 is 5.97. The minimum atomic E-state index is -3.74. The summed E-state index contributed by atoms with van der Waals surface area (Å²) in [5.74, 6) is -0.827. The van der Waals surface area contributed by atoms with E-state index < -0.39 is 33.0 Å². The molecular formula is C23H24ClN3O5S. The molecule has 4 atom stereocenters. The molecule has 4 aliphatic rings. The number of ether oxygens (including phenoxy) is 1. The van der Waals surface area contributed by atoms with Crippen molar-refractivity contribution in [1.82, 2.24) is 14.1 Å². The highest BCUT2D eigenvalue weighted by atomic mass is 35.5. The lowest BCUT2D eigenvalue weighted by atomic mass is 9.55. The highest BCUT2D eigenvalue weighted by Gasteiger charge is 2.86. The van der Waals surface area contributed by atoms with E-state index in [1.807, 2.05) is 0 Å². The molecule has 2 heterocycles. The molecule has 8 nitrogen and oxygen atoms in total. The van der Waals surface area contributed by atoms with Crippen LogP contribution in [0.5, 0.6) is 0 Å². The second kappa shape index (κ2) is 6.25. The summed E-state index contributed by atoms with van der Waals surface area (Å²) in [6.07, 6.45) is 5.33. The van der Waals surface area contributed by atoms with Crippen molar-refractivity contribution in [2.45, 2.75) is 68.5 Å². The number of rotatable bonds is 4. The van der Waals surface area contributed by atoms with Gasteiger partial charge in [-0.1, -0.05) is 11.6 Å². The van der Waals surface area contributed by atoms with Gasteiger partial charge in [-0.15, -0.1) is 0 Å². The van der Waals surface area contributed by atoms with Crippen LogP contribution in [0.1, 0.15) is 62.1 Å². The Morgan fingerprint density at radius 3 is 2.48 bits per heavy atom. The van der Waals surface area contributed by atoms with Crippen molar-refractivity contribution in [2.24, 2.45) is 11.3 Å². The Morgan fingerprint density at radius 1 is 1.21 bits per heavy atom. The van der Waals surface area contributed by atoms with E-state index in [0.29, 0.717) is 11.4 Å². The van der Waals surface area contributed by atoms with Crippen LogP contribution in [-0.2, 0) is 26.0 Å². The van der Waals surface area contributed by atoms with E-state index in [0.717, 1.165) is 30.5 Å². The van der Waals surface area contributed by atoms with Gasteiger partial charge >= 0.3 is 5.97 Å². The van der Waals surface area contributed by atoms with Crippen LogP contribution >= 0.6 is 11.6 Å². The molecule has 1 aromatic carbocycles. The van der Waals surface area contributed by atoms with Gasteiger partial charge < -0.3 is 4.74 Å². The number of hydrogen-bond donors (Lipinski definition) is 0. The van der Waals surface area contributed by atoms with Gasteiger partial charge in [-0.2, -0.15) is 9.40 Å². The molecule has 10 heteroatoms. The molecule has 2 spiro atoms. The molecule has 1 aromatic heterocycles. The number of halogens is 1. The largest absolute Gasteiger partial charge is 0.450 e. The number of sulfonamides is 1. The Kier molecular flexibility index (Phi) is 4.04. The van der Waals surface area contributed by atoms with Crippen molar-refractivity contribution in [2.75, 3.05) is 0 Å². The summed E-state index contributed by atoms with van der Waals surface area (Å²) < 4.78 is 35.4. The lowest BCUT2D eigenvalue weighted by molar-refractivity contribution is -0.150. The first kappa shape index (κ1) is 21.3. The minimum absolute atomic E-state index is 0.199. The Labute approximate surface area is 196 Å². The highest BCUT2D eigenvalue weighted by Crippen LogP contribution is 2.83. The molecule has 6 rings (SSSR count). The standard InChI is InChI=1S/C23H24ClN3O5S/c1-13(28)32-21(2,3)20(29)26-11-16-17(25-26)10-18-22(8-9-22)12-23(18)19(16)27(23)33(30,31)15-6-4-14(24)5-7-15/h4-7,11,18-19H,8-10,12H2,1-3H3. The molecule has 1 aliphatic heterocycles. The van der Waals surface area contributed by atoms with Crippen molar-refractivity contribution in [3.05, 3.63) is 46.7 Å². The predicted octanol–water partition coefficient (Wildman–Crippen LogP) is 3.36. The molecular weight excluding hydrogens is 466 g/mol. The summed E-state index contributed by atoms with van der Waals surface area (Å²) in [4.78, 5) is 24.7. The van der Waals surface area contributed by atoms with E-state index >= 15 is 0 Å². The summed E-state index contributed by atoms with van der Waals surface area (Å²) in [7, 11) is -3.74. The van der Waals surface area contributed by atoms with Gasteiger partial charge in [0, 0.05) is 23.7 Å². The average molecular weight is 490 g/mol. The molecule has 3 aliphatic carbocycles. The van der Waals surface area contributed by atoms with Gasteiger partial charge in [0.1, 0.15) is 0 Å². The SMILES string of the molecule is CC(=O)OC(C)(C)C(=O)n1cc2c(n1)CC1C3(CC3)CC13C2N3S(=O)(=O)c1ccc(Cl)cc1. The number of carbonyl (C=O) groups excluding carboxylic acids is 2. The number of benzene rings is 1. The maximum atomic E-state index is 13.7. The van der Waals surface area contributed by atoms with Crippen LogP contribution in [0.15, 0.2) is 35.4 Å². The van der Waals surface area contributed by atoms with Gasteiger partial charge in [-0.05, 0) is 75.1 Å². The number of nitrogens with zero attached hydrogens (tertiary/aromatic N) is 3. The van der Waals surface area contributed by atoms with Gasteiger partial charge in [-0.25, -0.2) is 13.1 Å². The summed E-state index contributed by atoms with van der Waals surface area (Å²) in [6.45, 7) is 4.30. The summed E-state index contributed by atoms with van der Waals surface area (Å²) in [5.41, 5.74) is -0.0958. The lowest BCUT2D eigenvalue weighted by Crippen LogP contribution is -2.52. The zero-order valence-corrected chi connectivity index (χ0v) is 20.1. The maximum absolute atomic E-state index is 13.7. The third-order valence-electron chi connectivity index (χ3n) is 7.93. The van der Waals surface area contributed by atoms with Crippen molar-refractivity contribution in [1.29, 1.82) is 0 Å². The Hall–Kier alpha value is -2.23. The van der Waals surface area contributed by atoms with Crippen molar-refractivity contribution >= 4 is 33.5 Å². The van der Waals surface area contributed by atoms with Gasteiger partial charge in [0.05, 0.1) is 22.2 Å². The van der Waals surface area contributed by atoms with Gasteiger partial charge in [0.2, 0.25) is 10.0 Å². The molecule has 2 saturated carbocycles. The monoisotopic (exact) mass is 489 g/mol. The Morgan fingerprint density at radius 2 is 1.88 bits per heavy atom. The summed E-state index contributed by atoms with van der Waals surface area (Å²) in [6, 6.07) is 5.90. The summed E-state index contributed by atoms with van der Waals surface area (Å²) in [5, 5.41) is 5.03. The average Bonchev–Trinajstić information content (AvgIpc) is 3.61. The molecule has 2 aromatic rings. The van der Waals surface area contributed by atoms with Crippen molar-refractivity contribution in [3.63, 3.8) is 0 Å². The molecule has 0 amide bonds. The maximum Gasteiger partial charge on any atom is 0.303 e. The molecule has 0 bridgehead atoms. The van der Waals surface area contributed by atoms with E-state index in [-0.39, 0.29) is 22.3 Å². The molecule has 3 fully saturated rings. The van der Waals surface area contributed by atoms with Crippen LogP contribution < -0.4 is 0 Å². The van der Waals surface area contributed by atoms with Gasteiger partial charge in [-0.3, -0.25) is 9.59 Å². The van der Waals surface area contributed by atoms with Crippen LogP contribution in [0.4, 0.5) is 0 Å². The van der Waals surface area contributed by atoms with Crippen LogP contribution in [-0.4, -0.2) is 45.5 Å². The van der Waals surface area contributed by atoms with E-state index in [9.17, 15) is 18.0 Å². The zero-order chi connectivity index (χ0) is 23.6. The number of carbonyl (C=O) groups is 2. The van der Waals surface area contributed by atoms with Crippen LogP contribution in [0, 0.1) is 11.3 Å². The van der Waals surface area contributed by atoms with E-state index in [1.54, 1.807) is 22.6 Å². The smallest absolute Gasteiger partial charge is 0.303 e. The third kappa shape index (κ3) is 2.73. The predicted molar refractivity (Wildman–Crippen MR) is 118 cm³/mol. The number of hydrogen-bond acceptors (Lipinski definition) is 6. The zero-order valence-electron chi connectivity index (χ0n) is 18.5. The molecule has 1 saturated heterocycles. The molecule has 174 valence electrons. The normalized spacial score (nSPS) is 30.5. The van der Waals surface area contributed by atoms with Crippen LogP contribution in [0.2, 0.25) is 5.02 Å². The quantitative estimate of drug-likeness (QED) is 0.482. The van der Waals surface area contributed by atoms with E-state index in [2.05, 4.69) is 5.10 Å². The Balaban J connectivity index is 1.40. The topological polar surface area (TPSA) is 98.3 Å². The number of esters is 1. The highest BCUT2D eigenvalue weighted by molar-refractivity contribution is 7.89. The molecule has 4 unspecified atom stereocenters. The van der Waals surface area contributed by atoms with Crippen molar-refractivity contribution in [3.8, 4) is 0 Å². The molecule has 0 N–H and O–H groups in total. The molecule has 33 heavy (non-hydrogen) atoms. The fourth-order valence-corrected chi connectivity index (χ4v) is 8.49. The second-order valence-corrected chi connectivity index (χ2v) is 12.6. The van der Waals surface area contributed by atoms with Crippen molar-refractivity contribution < 1.29 is 22.7 Å². The molecule has 0 radical (unpaired) electrons. The minimum Gasteiger partial charge on any atom is -0.450 e. The second-order valence-electron chi connectivity index (χ2n) is 10.3. The van der Waals surface area contributed by atoms with Crippen LogP contribution in [0.25, 0.3) is 0 Å². The fraction of sp³-hybridized carbons (Fsp3) is 0.522. The Bertz CT molecular complexity index is 1330. The number of aromatic nitrogens is 2. The fourth-order valence-electron chi connectivity index (χ4n) is 6.39. The first-order valence-corrected chi connectivity index (χ1v) is 12.9. The first-order chi connectivity index (χ1) is 15.4. The lowest BCUT2D eigenvalue weighted by Gasteiger charge is -2.48. The van der Waals surface area contributed by atoms with Gasteiger partial charge in [0.15, 0.2) is 5.60 Å².